The van der Waals surface area contributed by atoms with Crippen LogP contribution in [-0.4, -0.2) is 16.4 Å². The summed E-state index contributed by atoms with van der Waals surface area (Å²) < 4.78 is 4.18. The predicted octanol–water partition coefficient (Wildman–Crippen LogP) is 1.90. The van der Waals surface area contributed by atoms with Crippen LogP contribution in [0.5, 0.6) is 0 Å². The van der Waals surface area contributed by atoms with E-state index in [0.717, 1.165) is 17.9 Å². The van der Waals surface area contributed by atoms with Gasteiger partial charge in [-0.2, -0.15) is 16.1 Å². The second-order valence-electron chi connectivity index (χ2n) is 2.31. The maximum Gasteiger partial charge on any atom is 0.0709 e. The molecule has 0 saturated carbocycles. The molecule has 1 aromatic heterocycles. The van der Waals surface area contributed by atoms with E-state index in [1.54, 1.807) is 0 Å². The fourth-order valence-electron chi connectivity index (χ4n) is 0.806. The van der Waals surface area contributed by atoms with Crippen molar-refractivity contribution in [2.75, 3.05) is 12.0 Å². The second-order valence-corrected chi connectivity index (χ2v) is 3.96. The molecule has 1 atom stereocenters. The lowest BCUT2D eigenvalue weighted by Gasteiger charge is -2.05. The molecular formula is C7H12N2S2. The Morgan fingerprint density at radius 3 is 3.18 bits per heavy atom. The van der Waals surface area contributed by atoms with E-state index in [1.165, 1.54) is 11.5 Å². The van der Waals surface area contributed by atoms with E-state index in [9.17, 15) is 0 Å². The van der Waals surface area contributed by atoms with Crippen LogP contribution in [0.4, 0.5) is 0 Å². The van der Waals surface area contributed by atoms with Gasteiger partial charge in [-0.1, -0.05) is 0 Å². The molecule has 0 spiro atoms. The average Bonchev–Trinajstić information content (AvgIpc) is 2.52. The molecule has 11 heavy (non-hydrogen) atoms. The molecule has 0 aliphatic carbocycles. The Balaban J connectivity index is 2.36. The molecule has 0 aliphatic rings. The summed E-state index contributed by atoms with van der Waals surface area (Å²) in [7, 11) is 0. The van der Waals surface area contributed by atoms with Crippen molar-refractivity contribution < 1.29 is 0 Å². The lowest BCUT2D eigenvalue weighted by atomic mass is 10.2. The van der Waals surface area contributed by atoms with Gasteiger partial charge in [-0.3, -0.25) is 0 Å². The van der Waals surface area contributed by atoms with Crippen molar-refractivity contribution in [1.29, 1.82) is 0 Å². The summed E-state index contributed by atoms with van der Waals surface area (Å²) in [6.07, 6.45) is 3.11. The number of aromatic nitrogens is 1. The highest BCUT2D eigenvalue weighted by molar-refractivity contribution is 7.98. The predicted molar refractivity (Wildman–Crippen MR) is 52.0 cm³/mol. The SMILES string of the molecule is CSCC[C@H](N)c1ccsn1. The molecular weight excluding hydrogens is 176 g/mol. The molecule has 1 rings (SSSR count). The topological polar surface area (TPSA) is 38.9 Å². The van der Waals surface area contributed by atoms with Crippen LogP contribution in [0.3, 0.4) is 0 Å². The Bertz CT molecular complexity index is 186. The van der Waals surface area contributed by atoms with Crippen molar-refractivity contribution in [3.63, 3.8) is 0 Å². The van der Waals surface area contributed by atoms with Crippen LogP contribution in [-0.2, 0) is 0 Å². The maximum atomic E-state index is 5.86. The summed E-state index contributed by atoms with van der Waals surface area (Å²) in [6.45, 7) is 0. The highest BCUT2D eigenvalue weighted by atomic mass is 32.2. The quantitative estimate of drug-likeness (QED) is 0.784. The number of hydrogen-bond acceptors (Lipinski definition) is 4. The fourth-order valence-corrected chi connectivity index (χ4v) is 1.87. The van der Waals surface area contributed by atoms with Gasteiger partial charge < -0.3 is 5.73 Å². The molecule has 0 bridgehead atoms. The van der Waals surface area contributed by atoms with Crippen molar-refractivity contribution in [3.8, 4) is 0 Å². The molecule has 0 saturated heterocycles. The number of nitrogens with zero attached hydrogens (tertiary/aromatic N) is 1. The first-order valence-electron chi connectivity index (χ1n) is 3.49. The van der Waals surface area contributed by atoms with Crippen LogP contribution in [0.2, 0.25) is 0 Å². The molecule has 0 unspecified atom stereocenters. The standard InChI is InChI=1S/C7H12N2S2/c1-10-4-2-6(8)7-3-5-11-9-7/h3,5-6H,2,4,8H2,1H3/t6-/m0/s1. The van der Waals surface area contributed by atoms with Crippen LogP contribution in [0.25, 0.3) is 0 Å². The van der Waals surface area contributed by atoms with Crippen molar-refractivity contribution in [3.05, 3.63) is 17.1 Å². The molecule has 1 aromatic rings. The van der Waals surface area contributed by atoms with Gasteiger partial charge in [0.1, 0.15) is 0 Å². The minimum Gasteiger partial charge on any atom is -0.323 e. The molecule has 0 fully saturated rings. The fraction of sp³-hybridized carbons (Fsp3) is 0.571. The Morgan fingerprint density at radius 2 is 2.64 bits per heavy atom. The van der Waals surface area contributed by atoms with E-state index in [0.29, 0.717) is 0 Å². The zero-order chi connectivity index (χ0) is 8.10. The summed E-state index contributed by atoms with van der Waals surface area (Å²) in [6, 6.07) is 2.13. The Labute approximate surface area is 75.4 Å². The number of hydrogen-bond donors (Lipinski definition) is 1. The van der Waals surface area contributed by atoms with Crippen molar-refractivity contribution >= 4 is 23.3 Å². The minimum absolute atomic E-state index is 0.133. The molecule has 0 aliphatic heterocycles. The highest BCUT2D eigenvalue weighted by Crippen LogP contribution is 2.14. The lowest BCUT2D eigenvalue weighted by molar-refractivity contribution is 0.690. The number of nitrogens with two attached hydrogens (primary N) is 1. The van der Waals surface area contributed by atoms with E-state index in [2.05, 4.69) is 10.6 Å². The van der Waals surface area contributed by atoms with E-state index < -0.39 is 0 Å². The molecule has 0 aromatic carbocycles. The lowest BCUT2D eigenvalue weighted by Crippen LogP contribution is -2.11. The largest absolute Gasteiger partial charge is 0.323 e. The van der Waals surface area contributed by atoms with Gasteiger partial charge in [0.2, 0.25) is 0 Å². The van der Waals surface area contributed by atoms with Gasteiger partial charge in [0.05, 0.1) is 5.69 Å². The first kappa shape index (κ1) is 9.03. The van der Waals surface area contributed by atoms with Gasteiger partial charge in [-0.05, 0) is 36.0 Å². The molecule has 0 amide bonds. The van der Waals surface area contributed by atoms with E-state index in [-0.39, 0.29) is 6.04 Å². The van der Waals surface area contributed by atoms with Gasteiger partial charge in [0.25, 0.3) is 0 Å². The number of thioether (sulfide) groups is 1. The third-order valence-corrected chi connectivity index (χ3v) is 2.69. The van der Waals surface area contributed by atoms with Gasteiger partial charge in [0.15, 0.2) is 0 Å². The van der Waals surface area contributed by atoms with Crippen LogP contribution >= 0.6 is 23.3 Å². The Morgan fingerprint density at radius 1 is 1.82 bits per heavy atom. The molecule has 4 heteroatoms. The van der Waals surface area contributed by atoms with Crippen LogP contribution in [0, 0.1) is 0 Å². The van der Waals surface area contributed by atoms with Crippen molar-refractivity contribution in [1.82, 2.24) is 4.37 Å². The van der Waals surface area contributed by atoms with Crippen LogP contribution < -0.4 is 5.73 Å². The van der Waals surface area contributed by atoms with E-state index in [1.807, 2.05) is 23.2 Å². The first-order valence-corrected chi connectivity index (χ1v) is 5.72. The molecule has 2 nitrogen and oxygen atoms in total. The van der Waals surface area contributed by atoms with Crippen molar-refractivity contribution in [2.45, 2.75) is 12.5 Å². The smallest absolute Gasteiger partial charge is 0.0709 e. The van der Waals surface area contributed by atoms with Gasteiger partial charge in [-0.25, -0.2) is 0 Å². The third kappa shape index (κ3) is 2.81. The Hall–Kier alpha value is -0.0600. The van der Waals surface area contributed by atoms with E-state index in [4.69, 9.17) is 5.73 Å². The van der Waals surface area contributed by atoms with E-state index >= 15 is 0 Å². The highest BCUT2D eigenvalue weighted by Gasteiger charge is 2.06. The summed E-state index contributed by atoms with van der Waals surface area (Å²) in [5, 5.41) is 1.97. The molecule has 62 valence electrons. The van der Waals surface area contributed by atoms with Crippen molar-refractivity contribution in [2.24, 2.45) is 5.73 Å². The van der Waals surface area contributed by atoms with Gasteiger partial charge >= 0.3 is 0 Å². The summed E-state index contributed by atoms with van der Waals surface area (Å²) in [5.74, 6) is 1.11. The third-order valence-electron chi connectivity index (χ3n) is 1.47. The van der Waals surface area contributed by atoms with Gasteiger partial charge in [-0.15, -0.1) is 0 Å². The zero-order valence-electron chi connectivity index (χ0n) is 6.49. The summed E-state index contributed by atoms with van der Waals surface area (Å²) >= 11 is 3.29. The monoisotopic (exact) mass is 188 g/mol. The first-order chi connectivity index (χ1) is 5.34. The molecule has 1 heterocycles. The maximum absolute atomic E-state index is 5.86. The van der Waals surface area contributed by atoms with Crippen LogP contribution in [0.1, 0.15) is 18.2 Å². The molecule has 0 radical (unpaired) electrons. The summed E-state index contributed by atoms with van der Waals surface area (Å²) in [4.78, 5) is 0. The number of rotatable bonds is 4. The molecule has 2 N–H and O–H groups in total. The Kier molecular flexibility index (Phi) is 3.90. The summed E-state index contributed by atoms with van der Waals surface area (Å²) in [5.41, 5.74) is 6.89. The minimum atomic E-state index is 0.133. The zero-order valence-corrected chi connectivity index (χ0v) is 8.12. The van der Waals surface area contributed by atoms with Gasteiger partial charge in [0, 0.05) is 11.4 Å². The normalized spacial score (nSPS) is 13.3. The van der Waals surface area contributed by atoms with Crippen LogP contribution in [0.15, 0.2) is 11.4 Å². The average molecular weight is 188 g/mol. The second kappa shape index (κ2) is 4.74.